The number of nitrogens with one attached hydrogen (secondary N) is 2. The van der Waals surface area contributed by atoms with Crippen LogP contribution >= 0.6 is 24.0 Å². The number of hydrogen-bond acceptors (Lipinski definition) is 2. The van der Waals surface area contributed by atoms with Gasteiger partial charge in [0.1, 0.15) is 0 Å². The van der Waals surface area contributed by atoms with E-state index in [0.29, 0.717) is 25.5 Å². The van der Waals surface area contributed by atoms with Gasteiger partial charge in [0.2, 0.25) is 0 Å². The highest BCUT2D eigenvalue weighted by Gasteiger charge is 2.26. The molecule has 8 heteroatoms. The maximum atomic E-state index is 12.1. The molecule has 0 bridgehead atoms. The second-order valence-corrected chi connectivity index (χ2v) is 4.77. The lowest BCUT2D eigenvalue weighted by atomic mass is 10.1. The molecule has 0 aromatic heterocycles. The predicted molar refractivity (Wildman–Crippen MR) is 96.1 cm³/mol. The topological polar surface area (TPSA) is 56.7 Å². The third-order valence-corrected chi connectivity index (χ3v) is 2.90. The van der Waals surface area contributed by atoms with Crippen molar-refractivity contribution in [1.29, 1.82) is 0 Å². The highest BCUT2D eigenvalue weighted by molar-refractivity contribution is 14.0. The van der Waals surface area contributed by atoms with Crippen LogP contribution in [0.15, 0.2) is 35.3 Å². The molecule has 0 saturated carbocycles. The SMILES string of the molecule is CCNC(=NCCC(O)c1ccccc1)NCCC(F)(F)F.I. The predicted octanol–water partition coefficient (Wildman–Crippen LogP) is 3.24. The second-order valence-electron chi connectivity index (χ2n) is 4.77. The van der Waals surface area contributed by atoms with Gasteiger partial charge >= 0.3 is 6.18 Å². The van der Waals surface area contributed by atoms with Crippen LogP contribution < -0.4 is 10.6 Å². The molecule has 0 saturated heterocycles. The molecule has 132 valence electrons. The van der Waals surface area contributed by atoms with Gasteiger partial charge in [-0.3, -0.25) is 4.99 Å². The Labute approximate surface area is 151 Å². The first-order valence-corrected chi connectivity index (χ1v) is 7.24. The Kier molecular flexibility index (Phi) is 11.0. The van der Waals surface area contributed by atoms with E-state index >= 15 is 0 Å². The lowest BCUT2D eigenvalue weighted by Crippen LogP contribution is -2.39. The molecule has 1 aromatic carbocycles. The summed E-state index contributed by atoms with van der Waals surface area (Å²) in [5, 5.41) is 15.5. The van der Waals surface area contributed by atoms with Crippen LogP contribution in [0.3, 0.4) is 0 Å². The van der Waals surface area contributed by atoms with Crippen molar-refractivity contribution < 1.29 is 18.3 Å². The molecule has 1 atom stereocenters. The Balaban J connectivity index is 0.00000484. The highest BCUT2D eigenvalue weighted by Crippen LogP contribution is 2.18. The first kappa shape index (κ1) is 22.0. The van der Waals surface area contributed by atoms with Crippen molar-refractivity contribution in [3.05, 3.63) is 35.9 Å². The van der Waals surface area contributed by atoms with Crippen LogP contribution in [0.4, 0.5) is 13.2 Å². The monoisotopic (exact) mass is 445 g/mol. The summed E-state index contributed by atoms with van der Waals surface area (Å²) in [5.41, 5.74) is 0.799. The summed E-state index contributed by atoms with van der Waals surface area (Å²) in [6.07, 6.45) is -5.33. The van der Waals surface area contributed by atoms with Crippen LogP contribution in [0.1, 0.15) is 31.4 Å². The Morgan fingerprint density at radius 1 is 1.22 bits per heavy atom. The molecule has 4 nitrogen and oxygen atoms in total. The second kappa shape index (κ2) is 11.5. The van der Waals surface area contributed by atoms with Crippen LogP contribution in [-0.4, -0.2) is 36.9 Å². The lowest BCUT2D eigenvalue weighted by molar-refractivity contribution is -0.132. The third-order valence-electron chi connectivity index (χ3n) is 2.90. The zero-order valence-electron chi connectivity index (χ0n) is 12.9. The van der Waals surface area contributed by atoms with Gasteiger partial charge in [0.15, 0.2) is 5.96 Å². The highest BCUT2D eigenvalue weighted by atomic mass is 127. The molecular formula is C15H23F3IN3O. The van der Waals surface area contributed by atoms with E-state index in [1.807, 2.05) is 37.3 Å². The van der Waals surface area contributed by atoms with Gasteiger partial charge in [-0.05, 0) is 18.9 Å². The molecule has 0 heterocycles. The molecule has 0 aliphatic heterocycles. The summed E-state index contributed by atoms with van der Waals surface area (Å²) in [5.74, 6) is 0.326. The van der Waals surface area contributed by atoms with Gasteiger partial charge in [0.25, 0.3) is 0 Å². The standard InChI is InChI=1S/C15H22F3N3O.HI/c1-2-19-14(21-11-9-15(16,17)18)20-10-8-13(22)12-6-4-3-5-7-12;/h3-7,13,22H,2,8-11H2,1H3,(H2,19,20,21);1H. The number of guanidine groups is 1. The van der Waals surface area contributed by atoms with E-state index in [1.165, 1.54) is 0 Å². The first-order chi connectivity index (χ1) is 10.4. The third kappa shape index (κ3) is 10.4. The van der Waals surface area contributed by atoms with Gasteiger partial charge < -0.3 is 15.7 Å². The number of benzene rings is 1. The Hall–Kier alpha value is -1.03. The van der Waals surface area contributed by atoms with E-state index in [-0.39, 0.29) is 30.5 Å². The van der Waals surface area contributed by atoms with Gasteiger partial charge in [0, 0.05) is 19.6 Å². The fraction of sp³-hybridized carbons (Fsp3) is 0.533. The van der Waals surface area contributed by atoms with Crippen molar-refractivity contribution in [3.63, 3.8) is 0 Å². The fourth-order valence-electron chi connectivity index (χ4n) is 1.80. The summed E-state index contributed by atoms with van der Waals surface area (Å²) >= 11 is 0. The largest absolute Gasteiger partial charge is 0.390 e. The van der Waals surface area contributed by atoms with Crippen molar-refractivity contribution in [2.75, 3.05) is 19.6 Å². The van der Waals surface area contributed by atoms with E-state index in [2.05, 4.69) is 15.6 Å². The molecule has 0 radical (unpaired) electrons. The molecular weight excluding hydrogens is 422 g/mol. The molecule has 0 amide bonds. The number of aliphatic hydroxyl groups excluding tert-OH is 1. The van der Waals surface area contributed by atoms with E-state index in [9.17, 15) is 18.3 Å². The van der Waals surface area contributed by atoms with Gasteiger partial charge in [-0.1, -0.05) is 30.3 Å². The number of rotatable bonds is 7. The van der Waals surface area contributed by atoms with Gasteiger partial charge in [-0.25, -0.2) is 0 Å². The average molecular weight is 445 g/mol. The van der Waals surface area contributed by atoms with E-state index < -0.39 is 18.7 Å². The summed E-state index contributed by atoms with van der Waals surface area (Å²) in [7, 11) is 0. The fourth-order valence-corrected chi connectivity index (χ4v) is 1.80. The normalized spacial score (nSPS) is 13.2. The van der Waals surface area contributed by atoms with Crippen LogP contribution in [0.2, 0.25) is 0 Å². The summed E-state index contributed by atoms with van der Waals surface area (Å²) < 4.78 is 36.3. The van der Waals surface area contributed by atoms with E-state index in [1.54, 1.807) is 0 Å². The lowest BCUT2D eigenvalue weighted by Gasteiger charge is -2.13. The molecule has 1 aromatic rings. The molecule has 1 unspecified atom stereocenters. The zero-order valence-corrected chi connectivity index (χ0v) is 15.3. The molecule has 1 rings (SSSR count). The molecule has 0 spiro atoms. The molecule has 23 heavy (non-hydrogen) atoms. The van der Waals surface area contributed by atoms with Crippen LogP contribution in [0.5, 0.6) is 0 Å². The number of nitrogens with zero attached hydrogens (tertiary/aromatic N) is 1. The van der Waals surface area contributed by atoms with Gasteiger partial charge in [-0.15, -0.1) is 24.0 Å². The summed E-state index contributed by atoms with van der Waals surface area (Å²) in [6, 6.07) is 9.18. The van der Waals surface area contributed by atoms with E-state index in [0.717, 1.165) is 5.56 Å². The van der Waals surface area contributed by atoms with Crippen molar-refractivity contribution in [2.24, 2.45) is 4.99 Å². The molecule has 3 N–H and O–H groups in total. The van der Waals surface area contributed by atoms with Crippen LogP contribution in [0, 0.1) is 0 Å². The Bertz CT molecular complexity index is 455. The van der Waals surface area contributed by atoms with Gasteiger partial charge in [-0.2, -0.15) is 13.2 Å². The maximum Gasteiger partial charge on any atom is 0.390 e. The van der Waals surface area contributed by atoms with Crippen LogP contribution in [0.25, 0.3) is 0 Å². The Morgan fingerprint density at radius 3 is 2.43 bits per heavy atom. The minimum absolute atomic E-state index is 0. The molecule has 0 fully saturated rings. The summed E-state index contributed by atoms with van der Waals surface area (Å²) in [6.45, 7) is 2.48. The maximum absolute atomic E-state index is 12.1. The minimum atomic E-state index is -4.19. The van der Waals surface area contributed by atoms with Crippen molar-refractivity contribution in [3.8, 4) is 0 Å². The average Bonchev–Trinajstić information content (AvgIpc) is 2.46. The Morgan fingerprint density at radius 2 is 1.87 bits per heavy atom. The van der Waals surface area contributed by atoms with Crippen molar-refractivity contribution in [2.45, 2.75) is 32.0 Å². The molecule has 0 aliphatic carbocycles. The molecule has 0 aliphatic rings. The minimum Gasteiger partial charge on any atom is -0.388 e. The number of alkyl halides is 3. The van der Waals surface area contributed by atoms with Crippen LogP contribution in [-0.2, 0) is 0 Å². The van der Waals surface area contributed by atoms with E-state index in [4.69, 9.17) is 0 Å². The van der Waals surface area contributed by atoms with Gasteiger partial charge in [0.05, 0.1) is 12.5 Å². The zero-order chi connectivity index (χ0) is 16.4. The summed E-state index contributed by atoms with van der Waals surface area (Å²) in [4.78, 5) is 4.17. The number of halogens is 4. The quantitative estimate of drug-likeness (QED) is 0.343. The first-order valence-electron chi connectivity index (χ1n) is 7.24. The number of hydrogen-bond donors (Lipinski definition) is 3. The van der Waals surface area contributed by atoms with Crippen molar-refractivity contribution >= 4 is 29.9 Å². The smallest absolute Gasteiger partial charge is 0.388 e. The number of aliphatic imine (C=N–C) groups is 1. The van der Waals surface area contributed by atoms with Crippen molar-refractivity contribution in [1.82, 2.24) is 10.6 Å². The number of aliphatic hydroxyl groups is 1.